The van der Waals surface area contributed by atoms with E-state index in [4.69, 9.17) is 4.99 Å². The number of hydrogen-bond acceptors (Lipinski definition) is 2. The van der Waals surface area contributed by atoms with E-state index in [1.165, 1.54) is 6.07 Å². The highest BCUT2D eigenvalue weighted by Crippen LogP contribution is 2.25. The summed E-state index contributed by atoms with van der Waals surface area (Å²) in [6.45, 7) is -0.0435. The Morgan fingerprint density at radius 1 is 1.05 bits per heavy atom. The average Bonchev–Trinajstić information content (AvgIpc) is 2.75. The maximum absolute atomic E-state index is 13.6. The number of aliphatic hydroxyl groups excluding tert-OH is 1. The van der Waals surface area contributed by atoms with Gasteiger partial charge in [0.1, 0.15) is 5.82 Å². The molecule has 1 atom stereocenters. The summed E-state index contributed by atoms with van der Waals surface area (Å²) in [5.74, 6) is -0.228. The van der Waals surface area contributed by atoms with Crippen molar-refractivity contribution in [1.29, 1.82) is 0 Å². The van der Waals surface area contributed by atoms with Gasteiger partial charge in [-0.2, -0.15) is 0 Å². The van der Waals surface area contributed by atoms with Gasteiger partial charge in [0.05, 0.1) is 12.6 Å². The van der Waals surface area contributed by atoms with Gasteiger partial charge in [-0.25, -0.2) is 4.39 Å². The molecule has 0 unspecified atom stereocenters. The Morgan fingerprint density at radius 3 is 2.59 bits per heavy atom. The number of aliphatic hydroxyl groups is 1. The van der Waals surface area contributed by atoms with E-state index in [-0.39, 0.29) is 18.5 Å². The van der Waals surface area contributed by atoms with Crippen molar-refractivity contribution in [3.63, 3.8) is 0 Å². The molecule has 1 aliphatic carbocycles. The normalized spacial score (nSPS) is 17.8. The van der Waals surface area contributed by atoms with Gasteiger partial charge in [-0.05, 0) is 48.9 Å². The van der Waals surface area contributed by atoms with Gasteiger partial charge in [0.2, 0.25) is 0 Å². The summed E-state index contributed by atoms with van der Waals surface area (Å²) in [5, 5.41) is 9.70. The number of aryl methyl sites for hydroxylation is 1. The molecule has 0 aromatic heterocycles. The lowest BCUT2D eigenvalue weighted by Crippen LogP contribution is -2.09. The van der Waals surface area contributed by atoms with Crippen LogP contribution in [0.25, 0.3) is 0 Å². The fraction of sp³-hybridized carbons (Fsp3) is 0.316. The number of fused-ring (bicyclic) bond motifs is 1. The molecule has 2 aromatic carbocycles. The molecule has 1 N–H and O–H groups in total. The van der Waals surface area contributed by atoms with Gasteiger partial charge in [-0.3, -0.25) is 4.99 Å². The zero-order valence-corrected chi connectivity index (χ0v) is 12.5. The van der Waals surface area contributed by atoms with E-state index in [2.05, 4.69) is 0 Å². The topological polar surface area (TPSA) is 32.6 Å². The molecule has 0 amide bonds. The lowest BCUT2D eigenvalue weighted by Gasteiger charge is -2.14. The number of halogens is 1. The fourth-order valence-corrected chi connectivity index (χ4v) is 3.00. The van der Waals surface area contributed by atoms with Crippen molar-refractivity contribution < 1.29 is 9.50 Å². The Balaban J connectivity index is 2.01. The smallest absolute Gasteiger partial charge is 0.123 e. The van der Waals surface area contributed by atoms with Crippen molar-refractivity contribution in [2.45, 2.75) is 31.7 Å². The monoisotopic (exact) mass is 297 g/mol. The van der Waals surface area contributed by atoms with Gasteiger partial charge >= 0.3 is 0 Å². The van der Waals surface area contributed by atoms with Crippen LogP contribution >= 0.6 is 0 Å². The summed E-state index contributed by atoms with van der Waals surface area (Å²) in [6.07, 6.45) is 3.93. The SMILES string of the molecule is OC[C@H](N=C1CCCCc2ccc(F)cc21)c1ccccc1. The van der Waals surface area contributed by atoms with Crippen LogP contribution in [0.2, 0.25) is 0 Å². The number of benzene rings is 2. The van der Waals surface area contributed by atoms with Crippen molar-refractivity contribution in [3.8, 4) is 0 Å². The minimum Gasteiger partial charge on any atom is -0.394 e. The molecular weight excluding hydrogens is 277 g/mol. The predicted octanol–water partition coefficient (Wildman–Crippen LogP) is 4.07. The number of aliphatic imine (C=N–C) groups is 1. The highest BCUT2D eigenvalue weighted by molar-refractivity contribution is 6.02. The van der Waals surface area contributed by atoms with Crippen LogP contribution < -0.4 is 0 Å². The number of nitrogens with zero attached hydrogens (tertiary/aromatic N) is 1. The van der Waals surface area contributed by atoms with E-state index in [9.17, 15) is 9.50 Å². The molecule has 2 aromatic rings. The second-order valence-electron chi connectivity index (χ2n) is 5.69. The first-order valence-electron chi connectivity index (χ1n) is 7.79. The van der Waals surface area contributed by atoms with Crippen molar-refractivity contribution in [2.75, 3.05) is 6.61 Å². The third-order valence-electron chi connectivity index (χ3n) is 4.16. The molecule has 2 nitrogen and oxygen atoms in total. The Labute approximate surface area is 130 Å². The van der Waals surface area contributed by atoms with Crippen LogP contribution in [0.3, 0.4) is 0 Å². The van der Waals surface area contributed by atoms with Crippen LogP contribution in [-0.2, 0) is 6.42 Å². The standard InChI is InChI=1S/C19H20FNO/c20-16-11-10-14-6-4-5-9-18(17(14)12-16)21-19(13-22)15-7-2-1-3-8-15/h1-3,7-8,10-12,19,22H,4-6,9,13H2/t19-/m0/s1. The zero-order valence-electron chi connectivity index (χ0n) is 12.5. The van der Waals surface area contributed by atoms with Gasteiger partial charge < -0.3 is 5.11 Å². The van der Waals surface area contributed by atoms with Gasteiger partial charge in [-0.1, -0.05) is 36.4 Å². The number of rotatable bonds is 3. The molecule has 0 spiro atoms. The maximum Gasteiger partial charge on any atom is 0.123 e. The summed E-state index contributed by atoms with van der Waals surface area (Å²) < 4.78 is 13.6. The Morgan fingerprint density at radius 2 is 1.82 bits per heavy atom. The predicted molar refractivity (Wildman–Crippen MR) is 86.8 cm³/mol. The molecule has 0 bridgehead atoms. The molecule has 1 aliphatic rings. The lowest BCUT2D eigenvalue weighted by molar-refractivity contribution is 0.269. The van der Waals surface area contributed by atoms with Crippen molar-refractivity contribution in [2.24, 2.45) is 4.99 Å². The summed E-state index contributed by atoms with van der Waals surface area (Å²) in [6, 6.07) is 14.4. The summed E-state index contributed by atoms with van der Waals surface area (Å²) in [7, 11) is 0. The summed E-state index contributed by atoms with van der Waals surface area (Å²) >= 11 is 0. The van der Waals surface area contributed by atoms with E-state index in [0.717, 1.165) is 48.1 Å². The Bertz CT molecular complexity index is 666. The van der Waals surface area contributed by atoms with Crippen LogP contribution in [0.1, 0.15) is 42.0 Å². The first-order valence-corrected chi connectivity index (χ1v) is 7.79. The van der Waals surface area contributed by atoms with E-state index >= 15 is 0 Å². The Hall–Kier alpha value is -2.00. The molecule has 114 valence electrons. The first-order chi connectivity index (χ1) is 10.8. The zero-order chi connectivity index (χ0) is 15.4. The minimum absolute atomic E-state index is 0.0435. The van der Waals surface area contributed by atoms with Crippen LogP contribution in [0.4, 0.5) is 4.39 Å². The minimum atomic E-state index is -0.287. The van der Waals surface area contributed by atoms with Crippen LogP contribution in [0.5, 0.6) is 0 Å². The fourth-order valence-electron chi connectivity index (χ4n) is 3.00. The van der Waals surface area contributed by atoms with Gasteiger partial charge in [-0.15, -0.1) is 0 Å². The largest absolute Gasteiger partial charge is 0.394 e. The Kier molecular flexibility index (Phi) is 4.64. The summed E-state index contributed by atoms with van der Waals surface area (Å²) in [5.41, 5.74) is 3.96. The van der Waals surface area contributed by atoms with Gasteiger partial charge in [0.25, 0.3) is 0 Å². The van der Waals surface area contributed by atoms with Crippen LogP contribution in [0.15, 0.2) is 53.5 Å². The second kappa shape index (κ2) is 6.84. The van der Waals surface area contributed by atoms with E-state index in [1.807, 2.05) is 36.4 Å². The maximum atomic E-state index is 13.6. The third kappa shape index (κ3) is 3.25. The average molecular weight is 297 g/mol. The van der Waals surface area contributed by atoms with Crippen molar-refractivity contribution >= 4 is 5.71 Å². The quantitative estimate of drug-likeness (QED) is 0.851. The van der Waals surface area contributed by atoms with Gasteiger partial charge in [0, 0.05) is 11.3 Å². The van der Waals surface area contributed by atoms with Gasteiger partial charge in [0.15, 0.2) is 0 Å². The molecule has 0 heterocycles. The highest BCUT2D eigenvalue weighted by Gasteiger charge is 2.17. The molecule has 3 rings (SSSR count). The molecule has 3 heteroatoms. The highest BCUT2D eigenvalue weighted by atomic mass is 19.1. The van der Waals surface area contributed by atoms with Crippen LogP contribution in [-0.4, -0.2) is 17.4 Å². The van der Waals surface area contributed by atoms with E-state index < -0.39 is 0 Å². The summed E-state index contributed by atoms with van der Waals surface area (Å²) in [4.78, 5) is 4.77. The molecule has 0 radical (unpaired) electrons. The number of hydrogen-bond donors (Lipinski definition) is 1. The third-order valence-corrected chi connectivity index (χ3v) is 4.16. The molecule has 0 fully saturated rings. The first kappa shape index (κ1) is 14.9. The van der Waals surface area contributed by atoms with Crippen molar-refractivity contribution in [1.82, 2.24) is 0 Å². The molecular formula is C19H20FNO. The second-order valence-corrected chi connectivity index (χ2v) is 5.69. The molecule has 0 saturated heterocycles. The van der Waals surface area contributed by atoms with E-state index in [1.54, 1.807) is 6.07 Å². The molecule has 0 saturated carbocycles. The molecule has 22 heavy (non-hydrogen) atoms. The lowest BCUT2D eigenvalue weighted by atomic mass is 10.0. The van der Waals surface area contributed by atoms with E-state index in [0.29, 0.717) is 0 Å². The van der Waals surface area contributed by atoms with Crippen molar-refractivity contribution in [3.05, 3.63) is 71.0 Å². The molecule has 0 aliphatic heterocycles. The van der Waals surface area contributed by atoms with Crippen LogP contribution in [0, 0.1) is 5.82 Å².